The third-order valence-electron chi connectivity index (χ3n) is 1.42. The van der Waals surface area contributed by atoms with Crippen LogP contribution in [0, 0.1) is 0 Å². The van der Waals surface area contributed by atoms with Crippen molar-refractivity contribution in [2.75, 3.05) is 19.5 Å². The number of hydrogen-bond donors (Lipinski definition) is 0. The normalized spacial score (nSPS) is 9.50. The summed E-state index contributed by atoms with van der Waals surface area (Å²) in [6, 6.07) is 0. The second-order valence-corrected chi connectivity index (χ2v) is 2.58. The van der Waals surface area contributed by atoms with Gasteiger partial charge in [0, 0.05) is 25.9 Å². The second-order valence-electron chi connectivity index (χ2n) is 2.20. The molecule has 0 aromatic rings. The fourth-order valence-electron chi connectivity index (χ4n) is 0.585. The fraction of sp³-hybridized carbons (Fsp3) is 0.857. The maximum Gasteiger partial charge on any atom is 0.222 e. The highest BCUT2D eigenvalue weighted by molar-refractivity contribution is 6.17. The topological polar surface area (TPSA) is 20.3 Å². The van der Waals surface area contributed by atoms with E-state index in [1.807, 2.05) is 6.92 Å². The van der Waals surface area contributed by atoms with Crippen LogP contribution < -0.4 is 0 Å². The maximum absolute atomic E-state index is 11.0. The first-order valence-electron chi connectivity index (χ1n) is 3.52. The number of alkyl halides is 1. The Morgan fingerprint density at radius 3 is 2.60 bits per heavy atom. The predicted molar refractivity (Wildman–Crippen MR) is 43.3 cm³/mol. The molecule has 0 aromatic heterocycles. The van der Waals surface area contributed by atoms with Gasteiger partial charge in [0.1, 0.15) is 0 Å². The Labute approximate surface area is 67.2 Å². The zero-order chi connectivity index (χ0) is 7.98. The van der Waals surface area contributed by atoms with Gasteiger partial charge in [-0.3, -0.25) is 4.79 Å². The van der Waals surface area contributed by atoms with E-state index >= 15 is 0 Å². The third-order valence-corrected chi connectivity index (χ3v) is 1.69. The molecule has 0 aromatic carbocycles. The summed E-state index contributed by atoms with van der Waals surface area (Å²) in [5, 5.41) is 0. The Morgan fingerprint density at radius 1 is 1.60 bits per heavy atom. The van der Waals surface area contributed by atoms with E-state index in [9.17, 15) is 4.79 Å². The predicted octanol–water partition coefficient (Wildman–Crippen LogP) is 1.48. The van der Waals surface area contributed by atoms with Crippen LogP contribution in [0.1, 0.15) is 19.8 Å². The zero-order valence-corrected chi connectivity index (χ0v) is 7.32. The summed E-state index contributed by atoms with van der Waals surface area (Å²) in [5.74, 6) is 0.756. The minimum Gasteiger partial charge on any atom is -0.346 e. The summed E-state index contributed by atoms with van der Waals surface area (Å²) in [6.07, 6.45) is 1.36. The molecule has 60 valence electrons. The van der Waals surface area contributed by atoms with Crippen molar-refractivity contribution in [2.45, 2.75) is 19.8 Å². The van der Waals surface area contributed by atoms with Gasteiger partial charge in [-0.05, 0) is 13.3 Å². The number of halogens is 1. The van der Waals surface area contributed by atoms with Crippen LogP contribution in [0.4, 0.5) is 0 Å². The highest BCUT2D eigenvalue weighted by atomic mass is 35.5. The molecule has 0 aliphatic carbocycles. The van der Waals surface area contributed by atoms with Gasteiger partial charge in [-0.1, -0.05) is 0 Å². The van der Waals surface area contributed by atoms with Gasteiger partial charge in [0.2, 0.25) is 5.91 Å². The maximum atomic E-state index is 11.0. The van der Waals surface area contributed by atoms with Gasteiger partial charge in [0.05, 0.1) is 0 Å². The third kappa shape index (κ3) is 3.72. The Morgan fingerprint density at radius 2 is 2.20 bits per heavy atom. The smallest absolute Gasteiger partial charge is 0.222 e. The zero-order valence-electron chi connectivity index (χ0n) is 6.56. The monoisotopic (exact) mass is 163 g/mol. The lowest BCUT2D eigenvalue weighted by Gasteiger charge is -2.13. The van der Waals surface area contributed by atoms with Crippen molar-refractivity contribution >= 4 is 17.5 Å². The SMILES string of the molecule is CCN(C)C(=O)CCCCl. The Kier molecular flexibility index (Phi) is 5.40. The van der Waals surface area contributed by atoms with Crippen LogP contribution in [0.2, 0.25) is 0 Å². The summed E-state index contributed by atoms with van der Waals surface area (Å²) in [6.45, 7) is 2.74. The first-order valence-corrected chi connectivity index (χ1v) is 4.05. The first-order chi connectivity index (χ1) is 4.72. The molecule has 10 heavy (non-hydrogen) atoms. The molecule has 0 atom stereocenters. The molecule has 0 fully saturated rings. The first kappa shape index (κ1) is 9.76. The van der Waals surface area contributed by atoms with Crippen LogP contribution in [0.3, 0.4) is 0 Å². The van der Waals surface area contributed by atoms with Crippen molar-refractivity contribution < 1.29 is 4.79 Å². The molecular formula is C7H14ClNO. The van der Waals surface area contributed by atoms with Crippen molar-refractivity contribution in [3.63, 3.8) is 0 Å². The molecule has 1 amide bonds. The van der Waals surface area contributed by atoms with E-state index in [1.54, 1.807) is 11.9 Å². The molecule has 2 nitrogen and oxygen atoms in total. The van der Waals surface area contributed by atoms with Crippen molar-refractivity contribution in [2.24, 2.45) is 0 Å². The fourth-order valence-corrected chi connectivity index (χ4v) is 0.719. The molecule has 0 heterocycles. The highest BCUT2D eigenvalue weighted by Crippen LogP contribution is 1.96. The Balaban J connectivity index is 3.42. The molecule has 0 unspecified atom stereocenters. The molecule has 0 spiro atoms. The van der Waals surface area contributed by atoms with E-state index in [2.05, 4.69) is 0 Å². The Hall–Kier alpha value is -0.240. The molecule has 0 radical (unpaired) electrons. The summed E-state index contributed by atoms with van der Waals surface area (Å²) < 4.78 is 0. The largest absolute Gasteiger partial charge is 0.346 e. The lowest BCUT2D eigenvalue weighted by molar-refractivity contribution is -0.129. The lowest BCUT2D eigenvalue weighted by atomic mass is 10.3. The number of carbonyl (C=O) groups is 1. The second kappa shape index (κ2) is 5.54. The van der Waals surface area contributed by atoms with Gasteiger partial charge in [-0.2, -0.15) is 0 Å². The van der Waals surface area contributed by atoms with Crippen LogP contribution in [0.15, 0.2) is 0 Å². The van der Waals surface area contributed by atoms with Crippen molar-refractivity contribution in [3.8, 4) is 0 Å². The van der Waals surface area contributed by atoms with E-state index in [4.69, 9.17) is 11.6 Å². The average Bonchev–Trinajstić information content (AvgIpc) is 1.98. The molecule has 0 saturated heterocycles. The van der Waals surface area contributed by atoms with E-state index < -0.39 is 0 Å². The molecule has 0 saturated carbocycles. The number of rotatable bonds is 4. The lowest BCUT2D eigenvalue weighted by Crippen LogP contribution is -2.25. The summed E-state index contributed by atoms with van der Waals surface area (Å²) in [4.78, 5) is 12.7. The van der Waals surface area contributed by atoms with Crippen LogP contribution in [-0.4, -0.2) is 30.3 Å². The van der Waals surface area contributed by atoms with Gasteiger partial charge in [0.15, 0.2) is 0 Å². The van der Waals surface area contributed by atoms with Crippen LogP contribution >= 0.6 is 11.6 Å². The summed E-state index contributed by atoms with van der Waals surface area (Å²) in [5.41, 5.74) is 0. The van der Waals surface area contributed by atoms with Crippen LogP contribution in [-0.2, 0) is 4.79 Å². The number of carbonyl (C=O) groups excluding carboxylic acids is 1. The molecular weight excluding hydrogens is 150 g/mol. The van der Waals surface area contributed by atoms with Gasteiger partial charge >= 0.3 is 0 Å². The molecule has 0 bridgehead atoms. The van der Waals surface area contributed by atoms with Gasteiger partial charge in [-0.25, -0.2) is 0 Å². The molecule has 0 rings (SSSR count). The average molecular weight is 164 g/mol. The molecule has 3 heteroatoms. The van der Waals surface area contributed by atoms with Gasteiger partial charge in [0.25, 0.3) is 0 Å². The van der Waals surface area contributed by atoms with E-state index in [-0.39, 0.29) is 5.91 Å². The minimum atomic E-state index is 0.183. The van der Waals surface area contributed by atoms with Crippen molar-refractivity contribution in [1.82, 2.24) is 4.90 Å². The summed E-state index contributed by atoms with van der Waals surface area (Å²) in [7, 11) is 1.80. The van der Waals surface area contributed by atoms with Crippen molar-refractivity contribution in [1.29, 1.82) is 0 Å². The van der Waals surface area contributed by atoms with E-state index in [0.29, 0.717) is 12.3 Å². The van der Waals surface area contributed by atoms with Gasteiger partial charge in [-0.15, -0.1) is 11.6 Å². The number of hydrogen-bond acceptors (Lipinski definition) is 1. The Bertz CT molecular complexity index is 106. The standard InChI is InChI=1S/C7H14ClNO/c1-3-9(2)7(10)5-4-6-8/h3-6H2,1-2H3. The number of amides is 1. The van der Waals surface area contributed by atoms with Crippen LogP contribution in [0.5, 0.6) is 0 Å². The van der Waals surface area contributed by atoms with E-state index in [1.165, 1.54) is 0 Å². The van der Waals surface area contributed by atoms with Crippen molar-refractivity contribution in [3.05, 3.63) is 0 Å². The highest BCUT2D eigenvalue weighted by Gasteiger charge is 2.03. The molecule has 0 aliphatic rings. The number of nitrogens with zero attached hydrogens (tertiary/aromatic N) is 1. The molecule has 0 aliphatic heterocycles. The molecule has 0 N–H and O–H groups in total. The quantitative estimate of drug-likeness (QED) is 0.575. The van der Waals surface area contributed by atoms with Crippen LogP contribution in [0.25, 0.3) is 0 Å². The van der Waals surface area contributed by atoms with Gasteiger partial charge < -0.3 is 4.90 Å². The van der Waals surface area contributed by atoms with E-state index in [0.717, 1.165) is 13.0 Å². The minimum absolute atomic E-state index is 0.183. The summed E-state index contributed by atoms with van der Waals surface area (Å²) >= 11 is 5.42.